The van der Waals surface area contributed by atoms with Gasteiger partial charge in [0.2, 0.25) is 0 Å². The number of aryl methyl sites for hydroxylation is 1. The molecule has 6 heteroatoms. The summed E-state index contributed by atoms with van der Waals surface area (Å²) in [5.41, 5.74) is 2.86. The third-order valence-electron chi connectivity index (χ3n) is 5.53. The minimum absolute atomic E-state index is 0.0244. The van der Waals surface area contributed by atoms with E-state index in [2.05, 4.69) is 60.0 Å². The van der Waals surface area contributed by atoms with E-state index < -0.39 is 18.1 Å². The van der Waals surface area contributed by atoms with E-state index in [1.165, 1.54) is 16.3 Å². The Balaban J connectivity index is 1.44. The lowest BCUT2D eigenvalue weighted by molar-refractivity contribution is -0.137. The average molecular weight is 435 g/mol. The van der Waals surface area contributed by atoms with Crippen molar-refractivity contribution in [2.45, 2.75) is 44.9 Å². The van der Waals surface area contributed by atoms with Crippen molar-refractivity contribution in [3.63, 3.8) is 0 Å². The van der Waals surface area contributed by atoms with E-state index in [4.69, 9.17) is 5.11 Å². The predicted molar refractivity (Wildman–Crippen MR) is 125 cm³/mol. The first-order valence-electron chi connectivity index (χ1n) is 10.9. The number of aliphatic hydroxyl groups is 1. The van der Waals surface area contributed by atoms with Gasteiger partial charge in [0.05, 0.1) is 0 Å². The van der Waals surface area contributed by atoms with Crippen LogP contribution in [0.2, 0.25) is 0 Å². The fourth-order valence-electron chi connectivity index (χ4n) is 3.74. The molecule has 1 amide bonds. The van der Waals surface area contributed by atoms with Gasteiger partial charge in [-0.05, 0) is 60.3 Å². The maximum atomic E-state index is 12.1. The number of amides is 1. The molecule has 0 heterocycles. The van der Waals surface area contributed by atoms with Crippen LogP contribution in [0.1, 0.15) is 53.7 Å². The van der Waals surface area contributed by atoms with Crippen LogP contribution in [0.4, 0.5) is 0 Å². The summed E-state index contributed by atoms with van der Waals surface area (Å²) >= 11 is 0. The zero-order valence-electron chi connectivity index (χ0n) is 18.3. The van der Waals surface area contributed by atoms with Crippen molar-refractivity contribution in [3.8, 4) is 0 Å². The van der Waals surface area contributed by atoms with Crippen LogP contribution in [0, 0.1) is 0 Å². The molecule has 2 atom stereocenters. The van der Waals surface area contributed by atoms with Crippen molar-refractivity contribution in [2.75, 3.05) is 6.54 Å². The lowest BCUT2D eigenvalue weighted by Crippen LogP contribution is -2.34. The monoisotopic (exact) mass is 434 g/mol. The third-order valence-corrected chi connectivity index (χ3v) is 5.53. The lowest BCUT2D eigenvalue weighted by atomic mass is 9.99. The molecule has 0 spiro atoms. The largest absolute Gasteiger partial charge is 0.481 e. The highest BCUT2D eigenvalue weighted by molar-refractivity contribution is 5.94. The lowest BCUT2D eigenvalue weighted by Gasteiger charge is -2.16. The number of benzene rings is 3. The first-order valence-corrected chi connectivity index (χ1v) is 10.9. The minimum Gasteiger partial charge on any atom is -0.481 e. The number of rotatable bonds is 11. The molecule has 3 rings (SSSR count). The standard InChI is InChI=1S/C26H30N2O4/c1-18(22-10-4-8-20-7-2-3-9-23(20)22)27-17-5-6-19-11-13-21(14-12-19)26(32)28-24(29)15-16-25(30)31/h2-4,7-14,18,24,27,29H,5-6,15-17H2,1H3,(H,28,32)(H,30,31)/t18-,24?/m1/s1. The molecule has 0 fully saturated rings. The smallest absolute Gasteiger partial charge is 0.303 e. The number of fused-ring (bicyclic) bond motifs is 1. The molecular weight excluding hydrogens is 404 g/mol. The Morgan fingerprint density at radius 2 is 1.69 bits per heavy atom. The number of carbonyl (C=O) groups is 2. The van der Waals surface area contributed by atoms with Gasteiger partial charge >= 0.3 is 5.97 Å². The summed E-state index contributed by atoms with van der Waals surface area (Å²) in [6.07, 6.45) is 0.456. The number of aliphatic carboxylic acids is 1. The summed E-state index contributed by atoms with van der Waals surface area (Å²) < 4.78 is 0. The van der Waals surface area contributed by atoms with Crippen LogP contribution in [-0.2, 0) is 11.2 Å². The van der Waals surface area contributed by atoms with E-state index in [0.29, 0.717) is 5.56 Å². The fourth-order valence-corrected chi connectivity index (χ4v) is 3.74. The molecule has 3 aromatic rings. The average Bonchev–Trinajstić information content (AvgIpc) is 2.80. The van der Waals surface area contributed by atoms with E-state index in [9.17, 15) is 14.7 Å². The summed E-state index contributed by atoms with van der Waals surface area (Å²) in [6, 6.07) is 22.3. The van der Waals surface area contributed by atoms with Crippen molar-refractivity contribution < 1.29 is 19.8 Å². The molecule has 4 N–H and O–H groups in total. The van der Waals surface area contributed by atoms with Crippen molar-refractivity contribution in [1.82, 2.24) is 10.6 Å². The van der Waals surface area contributed by atoms with Crippen molar-refractivity contribution >= 4 is 22.6 Å². The molecule has 0 aliphatic carbocycles. The summed E-state index contributed by atoms with van der Waals surface area (Å²) in [7, 11) is 0. The Kier molecular flexibility index (Phi) is 8.36. The van der Waals surface area contributed by atoms with Gasteiger partial charge in [0.1, 0.15) is 6.23 Å². The van der Waals surface area contributed by atoms with E-state index in [1.807, 2.05) is 12.1 Å². The van der Waals surface area contributed by atoms with Gasteiger partial charge in [-0.2, -0.15) is 0 Å². The molecule has 168 valence electrons. The fraction of sp³-hybridized carbons (Fsp3) is 0.308. The normalized spacial score (nSPS) is 12.9. The zero-order valence-corrected chi connectivity index (χ0v) is 18.3. The number of carbonyl (C=O) groups excluding carboxylic acids is 1. The van der Waals surface area contributed by atoms with Crippen LogP contribution in [-0.4, -0.2) is 34.9 Å². The van der Waals surface area contributed by atoms with Crippen LogP contribution in [0.3, 0.4) is 0 Å². The molecule has 0 aliphatic rings. The highest BCUT2D eigenvalue weighted by Crippen LogP contribution is 2.24. The van der Waals surface area contributed by atoms with Crippen LogP contribution in [0.25, 0.3) is 10.8 Å². The van der Waals surface area contributed by atoms with Crippen molar-refractivity contribution in [2.24, 2.45) is 0 Å². The van der Waals surface area contributed by atoms with Gasteiger partial charge in [0.25, 0.3) is 5.91 Å². The highest BCUT2D eigenvalue weighted by atomic mass is 16.4. The first kappa shape index (κ1) is 23.4. The van der Waals surface area contributed by atoms with E-state index in [0.717, 1.165) is 24.9 Å². The molecule has 0 aliphatic heterocycles. The molecule has 6 nitrogen and oxygen atoms in total. The summed E-state index contributed by atoms with van der Waals surface area (Å²) in [5.74, 6) is -1.43. The second-order valence-electron chi connectivity index (χ2n) is 7.97. The van der Waals surface area contributed by atoms with Gasteiger partial charge in [-0.25, -0.2) is 0 Å². The second-order valence-corrected chi connectivity index (χ2v) is 7.97. The topological polar surface area (TPSA) is 98.7 Å². The minimum atomic E-state index is -1.17. The van der Waals surface area contributed by atoms with Crippen molar-refractivity contribution in [1.29, 1.82) is 0 Å². The number of hydrogen-bond acceptors (Lipinski definition) is 4. The molecule has 0 radical (unpaired) electrons. The SMILES string of the molecule is C[C@@H](NCCCc1ccc(C(=O)NC(O)CCC(=O)O)cc1)c1cccc2ccccc12. The van der Waals surface area contributed by atoms with Gasteiger partial charge in [-0.1, -0.05) is 54.6 Å². The molecule has 0 bridgehead atoms. The highest BCUT2D eigenvalue weighted by Gasteiger charge is 2.12. The summed E-state index contributed by atoms with van der Waals surface area (Å²) in [5, 5.41) is 26.9. The molecule has 3 aromatic carbocycles. The number of carboxylic acid groups (broad SMARTS) is 1. The number of aliphatic hydroxyl groups excluding tert-OH is 1. The Bertz CT molecular complexity index is 1040. The number of nitrogens with one attached hydrogen (secondary N) is 2. The maximum Gasteiger partial charge on any atom is 0.303 e. The zero-order chi connectivity index (χ0) is 22.9. The Morgan fingerprint density at radius 3 is 2.44 bits per heavy atom. The Morgan fingerprint density at radius 1 is 0.969 bits per heavy atom. The quantitative estimate of drug-likeness (QED) is 0.270. The summed E-state index contributed by atoms with van der Waals surface area (Å²) in [4.78, 5) is 22.7. The molecule has 0 saturated carbocycles. The van der Waals surface area contributed by atoms with Gasteiger partial charge in [-0.3, -0.25) is 9.59 Å². The Labute approximate surface area is 188 Å². The van der Waals surface area contributed by atoms with Crippen LogP contribution >= 0.6 is 0 Å². The first-order chi connectivity index (χ1) is 15.4. The van der Waals surface area contributed by atoms with Crippen LogP contribution < -0.4 is 10.6 Å². The molecule has 0 saturated heterocycles. The number of hydrogen-bond donors (Lipinski definition) is 4. The molecule has 1 unspecified atom stereocenters. The molecular formula is C26H30N2O4. The molecule has 0 aromatic heterocycles. The third kappa shape index (κ3) is 6.64. The van der Waals surface area contributed by atoms with Crippen LogP contribution in [0.15, 0.2) is 66.7 Å². The Hall–Kier alpha value is -3.22. The molecule has 32 heavy (non-hydrogen) atoms. The van der Waals surface area contributed by atoms with Crippen LogP contribution in [0.5, 0.6) is 0 Å². The van der Waals surface area contributed by atoms with Gasteiger partial charge in [0.15, 0.2) is 0 Å². The van der Waals surface area contributed by atoms with Gasteiger partial charge < -0.3 is 20.8 Å². The van der Waals surface area contributed by atoms with E-state index in [-0.39, 0.29) is 18.9 Å². The summed E-state index contributed by atoms with van der Waals surface area (Å²) in [6.45, 7) is 3.06. The van der Waals surface area contributed by atoms with E-state index in [1.54, 1.807) is 12.1 Å². The van der Waals surface area contributed by atoms with Gasteiger partial charge in [0, 0.05) is 24.4 Å². The maximum absolute atomic E-state index is 12.1. The van der Waals surface area contributed by atoms with Gasteiger partial charge in [-0.15, -0.1) is 0 Å². The van der Waals surface area contributed by atoms with E-state index >= 15 is 0 Å². The number of carboxylic acids is 1. The predicted octanol–water partition coefficient (Wildman–Crippen LogP) is 4.04. The van der Waals surface area contributed by atoms with Crippen molar-refractivity contribution in [3.05, 3.63) is 83.4 Å². The second kappa shape index (κ2) is 11.4.